The highest BCUT2D eigenvalue weighted by atomic mass is 16.1. The summed E-state index contributed by atoms with van der Waals surface area (Å²) in [6, 6.07) is 8.39. The second-order valence-corrected chi connectivity index (χ2v) is 3.52. The van der Waals surface area contributed by atoms with Crippen LogP contribution in [-0.2, 0) is 0 Å². The van der Waals surface area contributed by atoms with E-state index in [2.05, 4.69) is 11.9 Å². The summed E-state index contributed by atoms with van der Waals surface area (Å²) in [6.07, 6.45) is 3.43. The largest absolute Gasteiger partial charge is 0.371 e. The average molecular weight is 175 g/mol. The van der Waals surface area contributed by atoms with Crippen LogP contribution in [0.3, 0.4) is 0 Å². The summed E-state index contributed by atoms with van der Waals surface area (Å²) in [5, 5.41) is 0. The van der Waals surface area contributed by atoms with E-state index in [9.17, 15) is 4.79 Å². The Bertz CT molecular complexity index is 318. The van der Waals surface area contributed by atoms with Gasteiger partial charge in [-0.05, 0) is 25.0 Å². The van der Waals surface area contributed by atoms with E-state index in [1.165, 1.54) is 12.8 Å². The minimum absolute atomic E-state index is 0.654. The Morgan fingerprint density at radius 2 is 2.08 bits per heavy atom. The number of hydrogen-bond donors (Lipinski definition) is 0. The van der Waals surface area contributed by atoms with E-state index >= 15 is 0 Å². The average Bonchev–Trinajstić information content (AvgIpc) is 3.00. The zero-order chi connectivity index (χ0) is 9.26. The van der Waals surface area contributed by atoms with Crippen LogP contribution >= 0.6 is 0 Å². The Hall–Kier alpha value is -1.31. The third kappa shape index (κ3) is 1.57. The Morgan fingerprint density at radius 3 is 2.69 bits per heavy atom. The summed E-state index contributed by atoms with van der Waals surface area (Å²) in [5.41, 5.74) is 1.84. The summed E-state index contributed by atoms with van der Waals surface area (Å²) in [6.45, 7) is 0. The van der Waals surface area contributed by atoms with Crippen molar-refractivity contribution in [3.8, 4) is 0 Å². The van der Waals surface area contributed by atoms with Crippen molar-refractivity contribution in [2.24, 2.45) is 0 Å². The minimum atomic E-state index is 0.654. The van der Waals surface area contributed by atoms with Gasteiger partial charge in [0.25, 0.3) is 0 Å². The molecule has 0 heterocycles. The molecule has 1 aromatic rings. The molecular formula is C11H13NO. The van der Waals surface area contributed by atoms with Gasteiger partial charge in [0.05, 0.1) is 0 Å². The van der Waals surface area contributed by atoms with Gasteiger partial charge in [-0.15, -0.1) is 0 Å². The van der Waals surface area contributed by atoms with Crippen LogP contribution in [0, 0.1) is 0 Å². The second-order valence-electron chi connectivity index (χ2n) is 3.52. The standard InChI is InChI=1S/C11H13NO/c1-12(10-6-7-10)11-5-3-2-4-9(11)8-13/h2-5,8,10H,6-7H2,1H3. The predicted molar refractivity (Wildman–Crippen MR) is 53.3 cm³/mol. The number of carbonyl (C=O) groups is 1. The number of anilines is 1. The van der Waals surface area contributed by atoms with Crippen molar-refractivity contribution in [1.29, 1.82) is 0 Å². The number of aldehydes is 1. The van der Waals surface area contributed by atoms with Crippen molar-refractivity contribution in [2.45, 2.75) is 18.9 Å². The van der Waals surface area contributed by atoms with Gasteiger partial charge in [-0.1, -0.05) is 12.1 Å². The molecule has 0 saturated heterocycles. The number of carbonyl (C=O) groups excluding carboxylic acids is 1. The minimum Gasteiger partial charge on any atom is -0.371 e. The highest BCUT2D eigenvalue weighted by molar-refractivity contribution is 5.84. The first-order valence-corrected chi connectivity index (χ1v) is 4.60. The second kappa shape index (κ2) is 3.21. The van der Waals surface area contributed by atoms with E-state index in [0.717, 1.165) is 17.5 Å². The molecule has 0 N–H and O–H groups in total. The van der Waals surface area contributed by atoms with Crippen LogP contribution in [0.5, 0.6) is 0 Å². The molecule has 0 unspecified atom stereocenters. The molecule has 0 bridgehead atoms. The van der Waals surface area contributed by atoms with E-state index in [1.807, 2.05) is 24.3 Å². The maximum absolute atomic E-state index is 10.7. The fourth-order valence-electron chi connectivity index (χ4n) is 1.57. The van der Waals surface area contributed by atoms with E-state index < -0.39 is 0 Å². The third-order valence-electron chi connectivity index (χ3n) is 2.54. The van der Waals surface area contributed by atoms with Gasteiger partial charge in [0.15, 0.2) is 6.29 Å². The van der Waals surface area contributed by atoms with Gasteiger partial charge in [0.1, 0.15) is 0 Å². The number of para-hydroxylation sites is 1. The molecule has 0 spiro atoms. The molecule has 1 aliphatic carbocycles. The van der Waals surface area contributed by atoms with Gasteiger partial charge in [-0.3, -0.25) is 4.79 Å². The summed E-state index contributed by atoms with van der Waals surface area (Å²) >= 11 is 0. The molecule has 1 aliphatic rings. The lowest BCUT2D eigenvalue weighted by molar-refractivity contribution is 0.112. The molecule has 1 saturated carbocycles. The van der Waals surface area contributed by atoms with Crippen LogP contribution < -0.4 is 4.90 Å². The fourth-order valence-corrected chi connectivity index (χ4v) is 1.57. The Labute approximate surface area is 78.2 Å². The van der Waals surface area contributed by atoms with E-state index in [4.69, 9.17) is 0 Å². The van der Waals surface area contributed by atoms with Crippen LogP contribution in [0.15, 0.2) is 24.3 Å². The van der Waals surface area contributed by atoms with Crippen molar-refractivity contribution in [2.75, 3.05) is 11.9 Å². The van der Waals surface area contributed by atoms with Gasteiger partial charge < -0.3 is 4.90 Å². The van der Waals surface area contributed by atoms with E-state index in [1.54, 1.807) is 0 Å². The first-order chi connectivity index (χ1) is 6.33. The topological polar surface area (TPSA) is 20.3 Å². The summed E-state index contributed by atoms with van der Waals surface area (Å²) in [4.78, 5) is 12.9. The fraction of sp³-hybridized carbons (Fsp3) is 0.364. The molecule has 0 amide bonds. The zero-order valence-electron chi connectivity index (χ0n) is 7.73. The molecule has 1 aromatic carbocycles. The highest BCUT2D eigenvalue weighted by Gasteiger charge is 2.27. The molecule has 0 aromatic heterocycles. The van der Waals surface area contributed by atoms with Crippen molar-refractivity contribution in [1.82, 2.24) is 0 Å². The monoisotopic (exact) mass is 175 g/mol. The number of benzene rings is 1. The van der Waals surface area contributed by atoms with Gasteiger partial charge in [-0.2, -0.15) is 0 Å². The third-order valence-corrected chi connectivity index (χ3v) is 2.54. The predicted octanol–water partition coefficient (Wildman–Crippen LogP) is 2.10. The van der Waals surface area contributed by atoms with Crippen LogP contribution in [0.2, 0.25) is 0 Å². The molecule has 2 heteroatoms. The number of nitrogens with zero attached hydrogens (tertiary/aromatic N) is 1. The van der Waals surface area contributed by atoms with Crippen LogP contribution in [0.1, 0.15) is 23.2 Å². The lowest BCUT2D eigenvalue weighted by Crippen LogP contribution is -2.20. The molecule has 0 aliphatic heterocycles. The van der Waals surface area contributed by atoms with Crippen molar-refractivity contribution < 1.29 is 4.79 Å². The normalized spacial score (nSPS) is 15.5. The van der Waals surface area contributed by atoms with Crippen LogP contribution in [0.25, 0.3) is 0 Å². The van der Waals surface area contributed by atoms with Gasteiger partial charge in [0, 0.05) is 24.3 Å². The van der Waals surface area contributed by atoms with Gasteiger partial charge in [-0.25, -0.2) is 0 Å². The maximum Gasteiger partial charge on any atom is 0.152 e. The van der Waals surface area contributed by atoms with Crippen molar-refractivity contribution in [3.05, 3.63) is 29.8 Å². The summed E-state index contributed by atoms with van der Waals surface area (Å²) in [5.74, 6) is 0. The highest BCUT2D eigenvalue weighted by Crippen LogP contribution is 2.31. The number of rotatable bonds is 3. The SMILES string of the molecule is CN(c1ccccc1C=O)C1CC1. The number of hydrogen-bond acceptors (Lipinski definition) is 2. The van der Waals surface area contributed by atoms with E-state index in [-0.39, 0.29) is 0 Å². The lowest BCUT2D eigenvalue weighted by atomic mass is 10.2. The first-order valence-electron chi connectivity index (χ1n) is 4.60. The zero-order valence-corrected chi connectivity index (χ0v) is 7.73. The summed E-state index contributed by atoms with van der Waals surface area (Å²) < 4.78 is 0. The molecule has 13 heavy (non-hydrogen) atoms. The molecule has 0 atom stereocenters. The van der Waals surface area contributed by atoms with Gasteiger partial charge in [0.2, 0.25) is 0 Å². The van der Waals surface area contributed by atoms with Crippen molar-refractivity contribution >= 4 is 12.0 Å². The molecular weight excluding hydrogens is 162 g/mol. The van der Waals surface area contributed by atoms with E-state index in [0.29, 0.717) is 6.04 Å². The van der Waals surface area contributed by atoms with Gasteiger partial charge >= 0.3 is 0 Å². The molecule has 1 fully saturated rings. The first kappa shape index (κ1) is 8.30. The molecule has 2 nitrogen and oxygen atoms in total. The van der Waals surface area contributed by atoms with Crippen LogP contribution in [-0.4, -0.2) is 19.4 Å². The van der Waals surface area contributed by atoms with Crippen LogP contribution in [0.4, 0.5) is 5.69 Å². The Kier molecular flexibility index (Phi) is 2.05. The van der Waals surface area contributed by atoms with Crippen molar-refractivity contribution in [3.63, 3.8) is 0 Å². The lowest BCUT2D eigenvalue weighted by Gasteiger charge is -2.19. The molecule has 0 radical (unpaired) electrons. The Balaban J connectivity index is 2.31. The molecule has 68 valence electrons. The smallest absolute Gasteiger partial charge is 0.152 e. The quantitative estimate of drug-likeness (QED) is 0.656. The summed E-state index contributed by atoms with van der Waals surface area (Å²) in [7, 11) is 2.06. The maximum atomic E-state index is 10.7. The Morgan fingerprint density at radius 1 is 1.38 bits per heavy atom. The molecule has 2 rings (SSSR count).